The molecule has 0 saturated heterocycles. The van der Waals surface area contributed by atoms with Crippen LogP contribution in [0.4, 0.5) is 5.69 Å². The van der Waals surface area contributed by atoms with Gasteiger partial charge in [0.05, 0.1) is 31.0 Å². The molecule has 2 aromatic rings. The molecule has 2 rings (SSSR count). The minimum atomic E-state index is -0.340. The molecule has 1 amide bonds. The highest BCUT2D eigenvalue weighted by molar-refractivity contribution is 9.10. The van der Waals surface area contributed by atoms with Crippen molar-refractivity contribution in [1.29, 1.82) is 0 Å². The smallest absolute Gasteiger partial charge is 0.257 e. The number of hydrogen-bond acceptors (Lipinski definition) is 5. The standard InChI is InChI=1S/C18H19BrN2O4S/c1-4-25-15-7-5-11(9-13(15)19)17(22)21-18(26)20-14-10-12(23-2)6-8-16(14)24-3/h5-10H,4H2,1-3H3,(H2,20,21,22,26). The maximum Gasteiger partial charge on any atom is 0.257 e. The number of ether oxygens (including phenoxy) is 3. The number of halogens is 1. The van der Waals surface area contributed by atoms with Gasteiger partial charge in [-0.3, -0.25) is 10.1 Å². The highest BCUT2D eigenvalue weighted by Crippen LogP contribution is 2.29. The van der Waals surface area contributed by atoms with Gasteiger partial charge < -0.3 is 19.5 Å². The van der Waals surface area contributed by atoms with E-state index < -0.39 is 0 Å². The van der Waals surface area contributed by atoms with Crippen LogP contribution in [-0.4, -0.2) is 31.8 Å². The van der Waals surface area contributed by atoms with E-state index in [1.807, 2.05) is 6.92 Å². The van der Waals surface area contributed by atoms with Crippen LogP contribution in [-0.2, 0) is 0 Å². The highest BCUT2D eigenvalue weighted by Gasteiger charge is 2.12. The van der Waals surface area contributed by atoms with E-state index in [0.717, 1.165) is 0 Å². The summed E-state index contributed by atoms with van der Waals surface area (Å²) in [5.74, 6) is 1.54. The van der Waals surface area contributed by atoms with E-state index in [9.17, 15) is 4.79 Å². The molecule has 0 fully saturated rings. The van der Waals surface area contributed by atoms with Crippen LogP contribution in [0, 0.1) is 0 Å². The van der Waals surface area contributed by atoms with E-state index in [1.165, 1.54) is 0 Å². The Balaban J connectivity index is 2.08. The first-order valence-corrected chi connectivity index (χ1v) is 8.95. The van der Waals surface area contributed by atoms with Gasteiger partial charge in [0, 0.05) is 11.6 Å². The lowest BCUT2D eigenvalue weighted by Crippen LogP contribution is -2.34. The van der Waals surface area contributed by atoms with Gasteiger partial charge in [0.2, 0.25) is 0 Å². The summed E-state index contributed by atoms with van der Waals surface area (Å²) < 4.78 is 16.6. The third-order valence-corrected chi connectivity index (χ3v) is 4.20. The van der Waals surface area contributed by atoms with Crippen molar-refractivity contribution in [3.63, 3.8) is 0 Å². The normalized spacial score (nSPS) is 10.0. The van der Waals surface area contributed by atoms with Gasteiger partial charge in [-0.1, -0.05) is 0 Å². The second-order valence-corrected chi connectivity index (χ2v) is 6.32. The average Bonchev–Trinajstić information content (AvgIpc) is 2.63. The summed E-state index contributed by atoms with van der Waals surface area (Å²) in [5, 5.41) is 5.72. The number of carbonyl (C=O) groups excluding carboxylic acids is 1. The third kappa shape index (κ3) is 5.09. The topological polar surface area (TPSA) is 68.8 Å². The largest absolute Gasteiger partial charge is 0.497 e. The first-order chi connectivity index (χ1) is 12.5. The van der Waals surface area contributed by atoms with Gasteiger partial charge in [0.25, 0.3) is 5.91 Å². The van der Waals surface area contributed by atoms with E-state index in [4.69, 9.17) is 26.4 Å². The summed E-state index contributed by atoms with van der Waals surface area (Å²) in [6, 6.07) is 10.3. The number of thiocarbonyl (C=S) groups is 1. The molecule has 0 aliphatic heterocycles. The van der Waals surface area contributed by atoms with Crippen molar-refractivity contribution in [2.75, 3.05) is 26.1 Å². The van der Waals surface area contributed by atoms with Crippen LogP contribution in [0.25, 0.3) is 0 Å². The molecule has 0 aliphatic rings. The van der Waals surface area contributed by atoms with Gasteiger partial charge >= 0.3 is 0 Å². The number of methoxy groups -OCH3 is 2. The molecule has 0 heterocycles. The number of carbonyl (C=O) groups is 1. The Morgan fingerprint density at radius 1 is 1.12 bits per heavy atom. The fraction of sp³-hybridized carbons (Fsp3) is 0.222. The van der Waals surface area contributed by atoms with Crippen LogP contribution in [0.3, 0.4) is 0 Å². The molecule has 0 saturated carbocycles. The van der Waals surface area contributed by atoms with Crippen molar-refractivity contribution in [2.24, 2.45) is 0 Å². The first kappa shape index (κ1) is 20.0. The van der Waals surface area contributed by atoms with Crippen LogP contribution in [0.5, 0.6) is 17.2 Å². The molecule has 138 valence electrons. The van der Waals surface area contributed by atoms with Gasteiger partial charge in [-0.15, -0.1) is 0 Å². The van der Waals surface area contributed by atoms with Gasteiger partial charge in [-0.2, -0.15) is 0 Å². The van der Waals surface area contributed by atoms with Crippen LogP contribution in [0.15, 0.2) is 40.9 Å². The first-order valence-electron chi connectivity index (χ1n) is 7.75. The van der Waals surface area contributed by atoms with Gasteiger partial charge in [-0.05, 0) is 65.4 Å². The molecular formula is C18H19BrN2O4S. The van der Waals surface area contributed by atoms with Crippen molar-refractivity contribution < 1.29 is 19.0 Å². The maximum atomic E-state index is 12.4. The van der Waals surface area contributed by atoms with Crippen molar-refractivity contribution in [1.82, 2.24) is 5.32 Å². The predicted molar refractivity (Wildman–Crippen MR) is 109 cm³/mol. The molecule has 26 heavy (non-hydrogen) atoms. The molecule has 0 unspecified atom stereocenters. The third-order valence-electron chi connectivity index (χ3n) is 3.38. The van der Waals surface area contributed by atoms with Crippen LogP contribution >= 0.6 is 28.1 Å². The predicted octanol–water partition coefficient (Wildman–Crippen LogP) is 3.99. The second kappa shape index (κ2) is 9.40. The Hall–Kier alpha value is -2.32. The van der Waals surface area contributed by atoms with Crippen LogP contribution < -0.4 is 24.8 Å². The molecule has 8 heteroatoms. The molecule has 0 aromatic heterocycles. The van der Waals surface area contributed by atoms with E-state index in [1.54, 1.807) is 50.6 Å². The molecule has 0 bridgehead atoms. The maximum absolute atomic E-state index is 12.4. The quantitative estimate of drug-likeness (QED) is 0.664. The Morgan fingerprint density at radius 3 is 2.46 bits per heavy atom. The molecule has 0 atom stereocenters. The number of benzene rings is 2. The summed E-state index contributed by atoms with van der Waals surface area (Å²) in [7, 11) is 3.11. The molecule has 2 aromatic carbocycles. The summed E-state index contributed by atoms with van der Waals surface area (Å²) in [6.45, 7) is 2.44. The fourth-order valence-corrected chi connectivity index (χ4v) is 2.85. The molecular weight excluding hydrogens is 420 g/mol. The molecule has 0 spiro atoms. The fourth-order valence-electron chi connectivity index (χ4n) is 2.16. The lowest BCUT2D eigenvalue weighted by atomic mass is 10.2. The van der Waals surface area contributed by atoms with Crippen LogP contribution in [0.2, 0.25) is 0 Å². The van der Waals surface area contributed by atoms with E-state index in [-0.39, 0.29) is 11.0 Å². The van der Waals surface area contributed by atoms with Gasteiger partial charge in [-0.25, -0.2) is 0 Å². The Bertz CT molecular complexity index is 814. The zero-order chi connectivity index (χ0) is 19.1. The summed E-state index contributed by atoms with van der Waals surface area (Å²) >= 11 is 8.61. The molecule has 2 N–H and O–H groups in total. The number of anilines is 1. The van der Waals surface area contributed by atoms with Crippen molar-refractivity contribution in [2.45, 2.75) is 6.92 Å². The lowest BCUT2D eigenvalue weighted by molar-refractivity contribution is 0.0977. The van der Waals surface area contributed by atoms with Crippen molar-refractivity contribution in [3.8, 4) is 17.2 Å². The summed E-state index contributed by atoms with van der Waals surface area (Å²) in [6.07, 6.45) is 0. The molecule has 0 aliphatic carbocycles. The zero-order valence-electron chi connectivity index (χ0n) is 14.6. The number of amides is 1. The Kier molecular flexibility index (Phi) is 7.23. The van der Waals surface area contributed by atoms with E-state index in [0.29, 0.717) is 39.6 Å². The monoisotopic (exact) mass is 438 g/mol. The molecule has 0 radical (unpaired) electrons. The Morgan fingerprint density at radius 2 is 1.85 bits per heavy atom. The number of nitrogens with one attached hydrogen (secondary N) is 2. The van der Waals surface area contributed by atoms with Crippen molar-refractivity contribution in [3.05, 3.63) is 46.4 Å². The summed E-state index contributed by atoms with van der Waals surface area (Å²) in [4.78, 5) is 12.4. The Labute approximate surface area is 166 Å². The van der Waals surface area contributed by atoms with Gasteiger partial charge in [0.15, 0.2) is 5.11 Å². The molecule has 6 nitrogen and oxygen atoms in total. The average molecular weight is 439 g/mol. The van der Waals surface area contributed by atoms with Crippen LogP contribution in [0.1, 0.15) is 17.3 Å². The van der Waals surface area contributed by atoms with Gasteiger partial charge in [0.1, 0.15) is 17.2 Å². The SMILES string of the molecule is CCOc1ccc(C(=O)NC(=S)Nc2cc(OC)ccc2OC)cc1Br. The van der Waals surface area contributed by atoms with E-state index in [2.05, 4.69) is 26.6 Å². The number of rotatable bonds is 6. The van der Waals surface area contributed by atoms with Crippen molar-refractivity contribution >= 4 is 44.9 Å². The highest BCUT2D eigenvalue weighted by atomic mass is 79.9. The lowest BCUT2D eigenvalue weighted by Gasteiger charge is -2.14. The zero-order valence-corrected chi connectivity index (χ0v) is 17.0. The van der Waals surface area contributed by atoms with E-state index >= 15 is 0 Å². The number of hydrogen-bond donors (Lipinski definition) is 2. The minimum Gasteiger partial charge on any atom is -0.497 e. The minimum absolute atomic E-state index is 0.145. The summed E-state index contributed by atoms with van der Waals surface area (Å²) in [5.41, 5.74) is 1.03. The second-order valence-electron chi connectivity index (χ2n) is 5.05.